The predicted octanol–water partition coefficient (Wildman–Crippen LogP) is 1.17. The van der Waals surface area contributed by atoms with Crippen molar-refractivity contribution in [3.05, 3.63) is 17.1 Å². The number of carbonyl (C=O) groups excluding carboxylic acids is 1. The zero-order valence-corrected chi connectivity index (χ0v) is 13.6. The van der Waals surface area contributed by atoms with Gasteiger partial charge in [0.15, 0.2) is 0 Å². The smallest absolute Gasteiger partial charge is 0.353 e. The normalized spacial score (nSPS) is 21.7. The highest BCUT2D eigenvalue weighted by Crippen LogP contribution is 2.30. The highest BCUT2D eigenvalue weighted by atomic mass is 19.4. The number of hydrogen-bond donors (Lipinski definition) is 2. The fourth-order valence-electron chi connectivity index (χ4n) is 2.70. The molecule has 2 N–H and O–H groups in total. The third-order valence-corrected chi connectivity index (χ3v) is 4.33. The van der Waals surface area contributed by atoms with Gasteiger partial charge in [-0.1, -0.05) is 0 Å². The molecule has 1 atom stereocenters. The lowest BCUT2D eigenvalue weighted by Crippen LogP contribution is -2.57. The number of aryl methyl sites for hydroxylation is 1. The first-order valence-electron chi connectivity index (χ1n) is 7.97. The van der Waals surface area contributed by atoms with E-state index in [0.29, 0.717) is 24.3 Å². The Balaban J connectivity index is 1.82. The minimum atomic E-state index is -4.59. The van der Waals surface area contributed by atoms with E-state index in [1.807, 2.05) is 0 Å². The van der Waals surface area contributed by atoms with Crippen LogP contribution in [0.5, 0.6) is 0 Å². The molecule has 0 radical (unpaired) electrons. The van der Waals surface area contributed by atoms with Gasteiger partial charge in [-0.15, -0.1) is 0 Å². The van der Waals surface area contributed by atoms with E-state index in [2.05, 4.69) is 20.6 Å². The summed E-state index contributed by atoms with van der Waals surface area (Å²) in [5.41, 5.74) is 0.899. The SMILES string of the molecule is Cc1nc(C(F)(F)F)nc(N2CCN[C@@H](C(=O)NC3CC3)C2)c1C. The van der Waals surface area contributed by atoms with Crippen molar-refractivity contribution in [2.45, 2.75) is 44.9 Å². The van der Waals surface area contributed by atoms with Crippen molar-refractivity contribution in [2.24, 2.45) is 0 Å². The molecule has 2 fully saturated rings. The minimum Gasteiger partial charge on any atom is -0.353 e. The van der Waals surface area contributed by atoms with Crippen molar-refractivity contribution in [1.82, 2.24) is 20.6 Å². The van der Waals surface area contributed by atoms with Gasteiger partial charge in [-0.2, -0.15) is 13.2 Å². The second-order valence-corrected chi connectivity index (χ2v) is 6.31. The van der Waals surface area contributed by atoms with Gasteiger partial charge in [0.2, 0.25) is 11.7 Å². The number of rotatable bonds is 3. The molecule has 1 aromatic rings. The maximum atomic E-state index is 13.0. The predicted molar refractivity (Wildman–Crippen MR) is 81.7 cm³/mol. The molecule has 1 saturated heterocycles. The second kappa shape index (κ2) is 6.19. The van der Waals surface area contributed by atoms with E-state index in [-0.39, 0.29) is 24.3 Å². The van der Waals surface area contributed by atoms with Crippen LogP contribution in [0.2, 0.25) is 0 Å². The largest absolute Gasteiger partial charge is 0.451 e. The molecule has 9 heteroatoms. The summed E-state index contributed by atoms with van der Waals surface area (Å²) < 4.78 is 38.9. The van der Waals surface area contributed by atoms with Gasteiger partial charge in [0, 0.05) is 36.9 Å². The standard InChI is InChI=1S/C15H20F3N5O/c1-8-9(2)20-14(15(16,17)18)22-12(8)23-6-5-19-11(7-23)13(24)21-10-3-4-10/h10-11,19H,3-7H2,1-2H3,(H,21,24)/t11-/m1/s1. The summed E-state index contributed by atoms with van der Waals surface area (Å²) in [5.74, 6) is -1.000. The Kier molecular flexibility index (Phi) is 4.37. The van der Waals surface area contributed by atoms with Crippen LogP contribution in [0.4, 0.5) is 19.0 Å². The lowest BCUT2D eigenvalue weighted by atomic mass is 10.1. The molecule has 6 nitrogen and oxygen atoms in total. The molecular weight excluding hydrogens is 323 g/mol. The van der Waals surface area contributed by atoms with Crippen LogP contribution in [0, 0.1) is 13.8 Å². The highest BCUT2D eigenvalue weighted by Gasteiger charge is 2.37. The van der Waals surface area contributed by atoms with E-state index < -0.39 is 18.0 Å². The molecule has 1 aromatic heterocycles. The topological polar surface area (TPSA) is 70.2 Å². The molecule has 1 saturated carbocycles. The summed E-state index contributed by atoms with van der Waals surface area (Å²) in [7, 11) is 0. The number of alkyl halides is 3. The van der Waals surface area contributed by atoms with Gasteiger partial charge < -0.3 is 15.5 Å². The number of halogens is 3. The van der Waals surface area contributed by atoms with E-state index in [9.17, 15) is 18.0 Å². The molecule has 2 aliphatic rings. The van der Waals surface area contributed by atoms with E-state index in [4.69, 9.17) is 0 Å². The number of nitrogens with zero attached hydrogens (tertiary/aromatic N) is 3. The number of aromatic nitrogens is 2. The molecule has 0 aromatic carbocycles. The van der Waals surface area contributed by atoms with Gasteiger partial charge in [-0.25, -0.2) is 9.97 Å². The molecule has 24 heavy (non-hydrogen) atoms. The Morgan fingerprint density at radius 3 is 2.62 bits per heavy atom. The number of piperazine rings is 1. The molecule has 1 aliphatic heterocycles. The molecule has 1 amide bonds. The molecule has 2 heterocycles. The summed E-state index contributed by atoms with van der Waals surface area (Å²) in [6.45, 7) is 4.52. The van der Waals surface area contributed by atoms with E-state index in [1.165, 1.54) is 6.92 Å². The zero-order valence-electron chi connectivity index (χ0n) is 13.6. The van der Waals surface area contributed by atoms with Crippen molar-refractivity contribution < 1.29 is 18.0 Å². The van der Waals surface area contributed by atoms with E-state index >= 15 is 0 Å². The van der Waals surface area contributed by atoms with Gasteiger partial charge in [0.1, 0.15) is 11.9 Å². The third kappa shape index (κ3) is 3.61. The van der Waals surface area contributed by atoms with Crippen LogP contribution in [-0.2, 0) is 11.0 Å². The Hall–Kier alpha value is -1.90. The van der Waals surface area contributed by atoms with Crippen LogP contribution in [0.15, 0.2) is 0 Å². The van der Waals surface area contributed by atoms with Crippen LogP contribution in [-0.4, -0.2) is 47.6 Å². The quantitative estimate of drug-likeness (QED) is 0.862. The first-order valence-corrected chi connectivity index (χ1v) is 7.97. The fourth-order valence-corrected chi connectivity index (χ4v) is 2.70. The van der Waals surface area contributed by atoms with Crippen LogP contribution >= 0.6 is 0 Å². The van der Waals surface area contributed by atoms with Crippen molar-refractivity contribution in [2.75, 3.05) is 24.5 Å². The molecule has 3 rings (SSSR count). The molecular formula is C15H20F3N5O. The first kappa shape index (κ1) is 16.9. The number of carbonyl (C=O) groups is 1. The Bertz CT molecular complexity index is 645. The van der Waals surface area contributed by atoms with Gasteiger partial charge in [-0.3, -0.25) is 4.79 Å². The summed E-state index contributed by atoms with van der Waals surface area (Å²) in [6, 6.07) is -0.210. The van der Waals surface area contributed by atoms with Crippen molar-refractivity contribution in [3.8, 4) is 0 Å². The Labute approximate surface area is 137 Å². The van der Waals surface area contributed by atoms with Crippen LogP contribution in [0.25, 0.3) is 0 Å². The summed E-state index contributed by atoms with van der Waals surface area (Å²) in [4.78, 5) is 21.2. The molecule has 0 spiro atoms. The van der Waals surface area contributed by atoms with Crippen molar-refractivity contribution >= 4 is 11.7 Å². The maximum Gasteiger partial charge on any atom is 0.451 e. The average Bonchev–Trinajstić information content (AvgIpc) is 3.33. The summed E-state index contributed by atoms with van der Waals surface area (Å²) in [6.07, 6.45) is -2.62. The highest BCUT2D eigenvalue weighted by molar-refractivity contribution is 5.83. The third-order valence-electron chi connectivity index (χ3n) is 4.33. The van der Waals surface area contributed by atoms with Crippen molar-refractivity contribution in [1.29, 1.82) is 0 Å². The number of anilines is 1. The Morgan fingerprint density at radius 2 is 2.00 bits per heavy atom. The molecule has 0 unspecified atom stereocenters. The average molecular weight is 343 g/mol. The van der Waals surface area contributed by atoms with Gasteiger partial charge in [0.25, 0.3) is 0 Å². The monoisotopic (exact) mass is 343 g/mol. The lowest BCUT2D eigenvalue weighted by molar-refractivity contribution is -0.145. The number of amides is 1. The van der Waals surface area contributed by atoms with Crippen LogP contribution in [0.3, 0.4) is 0 Å². The second-order valence-electron chi connectivity index (χ2n) is 6.31. The Morgan fingerprint density at radius 1 is 1.29 bits per heavy atom. The van der Waals surface area contributed by atoms with Crippen LogP contribution < -0.4 is 15.5 Å². The maximum absolute atomic E-state index is 13.0. The molecule has 1 aliphatic carbocycles. The van der Waals surface area contributed by atoms with Gasteiger partial charge >= 0.3 is 6.18 Å². The summed E-state index contributed by atoms with van der Waals surface area (Å²) >= 11 is 0. The lowest BCUT2D eigenvalue weighted by Gasteiger charge is -2.35. The zero-order chi connectivity index (χ0) is 17.5. The molecule has 0 bridgehead atoms. The number of nitrogens with one attached hydrogen (secondary N) is 2. The van der Waals surface area contributed by atoms with E-state index in [1.54, 1.807) is 11.8 Å². The number of hydrogen-bond acceptors (Lipinski definition) is 5. The molecule has 132 valence electrons. The van der Waals surface area contributed by atoms with Crippen LogP contribution in [0.1, 0.15) is 29.9 Å². The minimum absolute atomic E-state index is 0.110. The van der Waals surface area contributed by atoms with Crippen molar-refractivity contribution in [3.63, 3.8) is 0 Å². The summed E-state index contributed by atoms with van der Waals surface area (Å²) in [5, 5.41) is 6.03. The first-order chi connectivity index (χ1) is 11.3. The fraction of sp³-hybridized carbons (Fsp3) is 0.667. The van der Waals surface area contributed by atoms with Gasteiger partial charge in [0.05, 0.1) is 0 Å². The van der Waals surface area contributed by atoms with E-state index in [0.717, 1.165) is 12.8 Å². The van der Waals surface area contributed by atoms with Gasteiger partial charge in [-0.05, 0) is 26.7 Å².